The van der Waals surface area contributed by atoms with Crippen molar-refractivity contribution in [3.63, 3.8) is 0 Å². The number of nitrogens with one attached hydrogen (secondary N) is 3. The van der Waals surface area contributed by atoms with Crippen LogP contribution in [0.4, 0.5) is 11.5 Å². The van der Waals surface area contributed by atoms with Crippen molar-refractivity contribution in [2.45, 2.75) is 12.3 Å². The minimum Gasteiger partial charge on any atom is -0.330 e. The third-order valence-electron chi connectivity index (χ3n) is 5.10. The predicted molar refractivity (Wildman–Crippen MR) is 130 cm³/mol. The van der Waals surface area contributed by atoms with Gasteiger partial charge in [0.25, 0.3) is 5.91 Å². The second kappa shape index (κ2) is 9.99. The summed E-state index contributed by atoms with van der Waals surface area (Å²) in [4.78, 5) is 29.5. The molecule has 33 heavy (non-hydrogen) atoms. The number of amides is 2. The quantitative estimate of drug-likeness (QED) is 0.306. The second-order valence-electron chi connectivity index (χ2n) is 7.32. The van der Waals surface area contributed by atoms with Crippen LogP contribution in [0.25, 0.3) is 10.9 Å². The smallest absolute Gasteiger partial charge is 0.258 e. The first-order chi connectivity index (χ1) is 16.0. The van der Waals surface area contributed by atoms with Crippen molar-refractivity contribution in [3.05, 3.63) is 82.1 Å². The molecule has 0 spiro atoms. The van der Waals surface area contributed by atoms with Crippen molar-refractivity contribution in [3.8, 4) is 0 Å². The Balaban J connectivity index is 1.56. The zero-order valence-electron chi connectivity index (χ0n) is 17.3. The topological polar surface area (TPSA) is 126 Å². The van der Waals surface area contributed by atoms with Crippen molar-refractivity contribution >= 4 is 57.4 Å². The third kappa shape index (κ3) is 5.14. The molecule has 8 nitrogen and oxygen atoms in total. The van der Waals surface area contributed by atoms with E-state index in [4.69, 9.17) is 28.9 Å². The highest BCUT2D eigenvalue weighted by atomic mass is 35.5. The minimum atomic E-state index is -0.505. The van der Waals surface area contributed by atoms with E-state index in [-0.39, 0.29) is 11.8 Å². The number of H-pyrrole nitrogens is 1. The molecule has 5 N–H and O–H groups in total. The molecule has 0 radical (unpaired) electrons. The van der Waals surface area contributed by atoms with Crippen LogP contribution in [-0.4, -0.2) is 33.5 Å². The highest BCUT2D eigenvalue weighted by molar-refractivity contribution is 6.42. The number of carbonyl (C=O) groups excluding carboxylic acids is 2. The summed E-state index contributed by atoms with van der Waals surface area (Å²) in [6.07, 6.45) is 3.49. The fourth-order valence-electron chi connectivity index (χ4n) is 3.44. The molecule has 168 valence electrons. The Hall–Kier alpha value is -3.46. The molecule has 4 aromatic rings. The Morgan fingerprint density at radius 1 is 1.06 bits per heavy atom. The monoisotopic (exact) mass is 482 g/mol. The predicted octanol–water partition coefficient (Wildman–Crippen LogP) is 4.59. The molecule has 1 atom stereocenters. The minimum absolute atomic E-state index is 0.234. The lowest BCUT2D eigenvalue weighted by Gasteiger charge is -2.17. The lowest BCUT2D eigenvalue weighted by atomic mass is 9.94. The summed E-state index contributed by atoms with van der Waals surface area (Å²) >= 11 is 12.1. The van der Waals surface area contributed by atoms with Gasteiger partial charge in [-0.05, 0) is 61.0 Å². The summed E-state index contributed by atoms with van der Waals surface area (Å²) in [6.45, 7) is 0.323. The zero-order chi connectivity index (χ0) is 23.4. The molecule has 0 bridgehead atoms. The van der Waals surface area contributed by atoms with E-state index in [0.717, 1.165) is 5.56 Å². The largest absolute Gasteiger partial charge is 0.330 e. The van der Waals surface area contributed by atoms with Gasteiger partial charge in [0.05, 0.1) is 27.0 Å². The first-order valence-corrected chi connectivity index (χ1v) is 10.9. The molecule has 0 fully saturated rings. The molecule has 1 unspecified atom stereocenters. The van der Waals surface area contributed by atoms with E-state index in [2.05, 4.69) is 25.8 Å². The van der Waals surface area contributed by atoms with Gasteiger partial charge in [0.1, 0.15) is 0 Å². The SMILES string of the molecule is NCCC(C(=O)Nc1ccc2[nH]nc(NC(=O)c3cccnc3)c2c1)c1ccc(Cl)c(Cl)c1. The third-order valence-corrected chi connectivity index (χ3v) is 5.84. The molecule has 10 heteroatoms. The summed E-state index contributed by atoms with van der Waals surface area (Å²) < 4.78 is 0. The lowest BCUT2D eigenvalue weighted by molar-refractivity contribution is -0.117. The van der Waals surface area contributed by atoms with Crippen molar-refractivity contribution < 1.29 is 9.59 Å². The van der Waals surface area contributed by atoms with Crippen LogP contribution in [0.2, 0.25) is 10.0 Å². The molecule has 2 heterocycles. The van der Waals surface area contributed by atoms with Crippen LogP contribution in [-0.2, 0) is 4.79 Å². The van der Waals surface area contributed by atoms with Crippen LogP contribution in [0.3, 0.4) is 0 Å². The van der Waals surface area contributed by atoms with E-state index in [1.165, 1.54) is 6.20 Å². The van der Waals surface area contributed by atoms with Crippen LogP contribution in [0.1, 0.15) is 28.3 Å². The molecule has 2 amide bonds. The van der Waals surface area contributed by atoms with Gasteiger partial charge in [-0.25, -0.2) is 0 Å². The first-order valence-electron chi connectivity index (χ1n) is 10.1. The Morgan fingerprint density at radius 3 is 2.64 bits per heavy atom. The zero-order valence-corrected chi connectivity index (χ0v) is 18.8. The lowest BCUT2D eigenvalue weighted by Crippen LogP contribution is -2.23. The molecule has 0 saturated carbocycles. The fourth-order valence-corrected chi connectivity index (χ4v) is 3.74. The number of rotatable bonds is 7. The molecule has 0 saturated heterocycles. The maximum Gasteiger partial charge on any atom is 0.258 e. The standard InChI is InChI=1S/C23H20Cl2N6O2/c24-18-5-3-13(10-19(18)25)16(7-8-26)23(33)28-15-4-6-20-17(11-15)21(31-30-20)29-22(32)14-2-1-9-27-12-14/h1-6,9-12,16H,7-8,26H2,(H,28,33)(H2,29,30,31,32). The molecular weight excluding hydrogens is 463 g/mol. The number of fused-ring (bicyclic) bond motifs is 1. The van der Waals surface area contributed by atoms with E-state index in [9.17, 15) is 9.59 Å². The average molecular weight is 483 g/mol. The number of anilines is 2. The van der Waals surface area contributed by atoms with Crippen molar-refractivity contribution in [1.29, 1.82) is 0 Å². The summed E-state index contributed by atoms with van der Waals surface area (Å²) in [5, 5.41) is 14.2. The number of hydrogen-bond donors (Lipinski definition) is 4. The number of nitrogens with zero attached hydrogens (tertiary/aromatic N) is 2. The summed E-state index contributed by atoms with van der Waals surface area (Å²) in [5.41, 5.74) is 8.13. The van der Waals surface area contributed by atoms with Gasteiger partial charge < -0.3 is 16.4 Å². The molecule has 0 aliphatic heterocycles. The number of carbonyl (C=O) groups is 2. The van der Waals surface area contributed by atoms with Crippen LogP contribution >= 0.6 is 23.2 Å². The van der Waals surface area contributed by atoms with Gasteiger partial charge in [0, 0.05) is 23.5 Å². The van der Waals surface area contributed by atoms with Gasteiger partial charge in [0.15, 0.2) is 5.82 Å². The molecule has 0 aliphatic rings. The summed E-state index contributed by atoms with van der Waals surface area (Å²) in [5.74, 6) is -0.733. The molecule has 0 aliphatic carbocycles. The van der Waals surface area contributed by atoms with Crippen LogP contribution in [0.5, 0.6) is 0 Å². The number of pyridine rings is 1. The molecule has 2 aromatic heterocycles. The van der Waals surface area contributed by atoms with E-state index >= 15 is 0 Å². The van der Waals surface area contributed by atoms with Gasteiger partial charge in [0.2, 0.25) is 5.91 Å². The highest BCUT2D eigenvalue weighted by Crippen LogP contribution is 2.30. The van der Waals surface area contributed by atoms with Gasteiger partial charge in [-0.3, -0.25) is 19.7 Å². The Bertz CT molecular complexity index is 1310. The van der Waals surface area contributed by atoms with E-state index in [1.54, 1.807) is 54.7 Å². The van der Waals surface area contributed by atoms with Crippen molar-refractivity contribution in [1.82, 2.24) is 15.2 Å². The van der Waals surface area contributed by atoms with Crippen LogP contribution < -0.4 is 16.4 Å². The fraction of sp³-hybridized carbons (Fsp3) is 0.130. The van der Waals surface area contributed by atoms with Gasteiger partial charge in [-0.15, -0.1) is 0 Å². The first kappa shape index (κ1) is 22.7. The van der Waals surface area contributed by atoms with Crippen molar-refractivity contribution in [2.24, 2.45) is 5.73 Å². The van der Waals surface area contributed by atoms with Crippen molar-refractivity contribution in [2.75, 3.05) is 17.2 Å². The highest BCUT2D eigenvalue weighted by Gasteiger charge is 2.21. The average Bonchev–Trinajstić information content (AvgIpc) is 3.21. The number of halogens is 2. The number of aromatic nitrogens is 3. The second-order valence-corrected chi connectivity index (χ2v) is 8.14. The molecular formula is C23H20Cl2N6O2. The Kier molecular flexibility index (Phi) is 6.88. The van der Waals surface area contributed by atoms with Gasteiger partial charge >= 0.3 is 0 Å². The van der Waals surface area contributed by atoms with E-state index in [1.807, 2.05) is 0 Å². The van der Waals surface area contributed by atoms with Crippen LogP contribution in [0, 0.1) is 0 Å². The summed E-state index contributed by atoms with van der Waals surface area (Å²) in [7, 11) is 0. The number of hydrogen-bond acceptors (Lipinski definition) is 5. The number of benzene rings is 2. The normalized spacial score (nSPS) is 11.8. The van der Waals surface area contributed by atoms with E-state index < -0.39 is 5.92 Å². The Labute approximate surface area is 199 Å². The van der Waals surface area contributed by atoms with Gasteiger partial charge in [-0.1, -0.05) is 29.3 Å². The Morgan fingerprint density at radius 2 is 1.91 bits per heavy atom. The molecule has 4 rings (SSSR count). The molecule has 2 aromatic carbocycles. The summed E-state index contributed by atoms with van der Waals surface area (Å²) in [6, 6.07) is 13.7. The number of nitrogens with two attached hydrogens (primary N) is 1. The van der Waals surface area contributed by atoms with E-state index in [0.29, 0.717) is 51.0 Å². The maximum absolute atomic E-state index is 13.1. The number of aromatic amines is 1. The van der Waals surface area contributed by atoms with Crippen LogP contribution in [0.15, 0.2) is 60.9 Å². The maximum atomic E-state index is 13.1. The van der Waals surface area contributed by atoms with Gasteiger partial charge in [-0.2, -0.15) is 5.10 Å².